The van der Waals surface area contributed by atoms with Gasteiger partial charge >= 0.3 is 5.97 Å². The van der Waals surface area contributed by atoms with Crippen molar-refractivity contribution in [2.45, 2.75) is 6.92 Å². The number of carbonyl (C=O) groups excluding carboxylic acids is 1. The Kier molecular flexibility index (Phi) is 6.18. The number of carbonyl (C=O) groups is 2. The van der Waals surface area contributed by atoms with Gasteiger partial charge in [0, 0.05) is 5.56 Å². The van der Waals surface area contributed by atoms with Crippen LogP contribution >= 0.6 is 11.3 Å². The highest BCUT2D eigenvalue weighted by Gasteiger charge is 2.14. The number of amides is 1. The van der Waals surface area contributed by atoms with Crippen molar-refractivity contribution in [2.75, 3.05) is 6.61 Å². The number of rotatable bonds is 7. The van der Waals surface area contributed by atoms with Crippen LogP contribution < -0.4 is 10.2 Å². The van der Waals surface area contributed by atoms with Crippen LogP contribution in [0.5, 0.6) is 5.75 Å². The second-order valence-corrected chi connectivity index (χ2v) is 6.90. The van der Waals surface area contributed by atoms with E-state index in [1.54, 1.807) is 24.3 Å². The number of nitrogens with one attached hydrogen (secondary N) is 1. The Hall–Kier alpha value is -3.45. The maximum atomic E-state index is 12.5. The average molecular weight is 394 g/mol. The first-order valence-electron chi connectivity index (χ1n) is 8.45. The zero-order chi connectivity index (χ0) is 19.9. The molecule has 0 saturated carbocycles. The predicted octanol–water partition coefficient (Wildman–Crippen LogP) is 3.95. The molecule has 0 aliphatic heterocycles. The number of benzene rings is 2. The van der Waals surface area contributed by atoms with Gasteiger partial charge < -0.3 is 9.84 Å². The fourth-order valence-corrected chi connectivity index (χ4v) is 3.26. The first kappa shape index (κ1) is 19.3. The van der Waals surface area contributed by atoms with E-state index >= 15 is 0 Å². The minimum atomic E-state index is -1.04. The lowest BCUT2D eigenvalue weighted by molar-refractivity contribution is -0.139. The summed E-state index contributed by atoms with van der Waals surface area (Å²) in [6, 6.07) is 16.6. The van der Waals surface area contributed by atoms with Crippen LogP contribution in [0, 0.1) is 6.92 Å². The van der Waals surface area contributed by atoms with Gasteiger partial charge in [0.1, 0.15) is 10.6 Å². The van der Waals surface area contributed by atoms with E-state index in [0.29, 0.717) is 10.6 Å². The minimum absolute atomic E-state index is 0.275. The summed E-state index contributed by atoms with van der Waals surface area (Å²) in [5, 5.41) is 14.5. The molecule has 7 heteroatoms. The van der Waals surface area contributed by atoms with Crippen molar-refractivity contribution in [3.63, 3.8) is 0 Å². The summed E-state index contributed by atoms with van der Waals surface area (Å²) in [6.45, 7) is 1.62. The normalized spacial score (nSPS) is 10.8. The Morgan fingerprint density at radius 1 is 1.11 bits per heavy atom. The van der Waals surface area contributed by atoms with E-state index in [-0.39, 0.29) is 5.91 Å². The monoisotopic (exact) mass is 394 g/mol. The lowest BCUT2D eigenvalue weighted by Gasteiger charge is -2.04. The predicted molar refractivity (Wildman–Crippen MR) is 109 cm³/mol. The molecule has 1 heterocycles. The van der Waals surface area contributed by atoms with Gasteiger partial charge in [-0.15, -0.1) is 11.3 Å². The maximum Gasteiger partial charge on any atom is 0.341 e. The summed E-state index contributed by atoms with van der Waals surface area (Å²) >= 11 is 1.36. The molecule has 0 unspecified atom stereocenters. The molecule has 2 aromatic carbocycles. The summed E-state index contributed by atoms with van der Waals surface area (Å²) in [7, 11) is 0. The number of nitrogens with zero attached hydrogens (tertiary/aromatic N) is 1. The molecule has 1 amide bonds. The third-order valence-electron chi connectivity index (χ3n) is 3.86. The van der Waals surface area contributed by atoms with Crippen molar-refractivity contribution in [2.24, 2.45) is 5.10 Å². The van der Waals surface area contributed by atoms with E-state index in [0.717, 1.165) is 22.3 Å². The number of aliphatic carboxylic acids is 1. The second-order valence-electron chi connectivity index (χ2n) is 5.98. The van der Waals surface area contributed by atoms with Gasteiger partial charge in [0.25, 0.3) is 5.91 Å². The Morgan fingerprint density at radius 2 is 1.82 bits per heavy atom. The van der Waals surface area contributed by atoms with Crippen LogP contribution in [-0.2, 0) is 4.79 Å². The van der Waals surface area contributed by atoms with Crippen LogP contribution in [0.2, 0.25) is 0 Å². The van der Waals surface area contributed by atoms with Crippen molar-refractivity contribution in [1.82, 2.24) is 5.43 Å². The van der Waals surface area contributed by atoms with Crippen molar-refractivity contribution >= 4 is 29.4 Å². The Balaban J connectivity index is 1.62. The van der Waals surface area contributed by atoms with Gasteiger partial charge in [-0.05, 0) is 53.8 Å². The lowest BCUT2D eigenvalue weighted by atomic mass is 10.1. The molecule has 0 radical (unpaired) electrons. The fraction of sp³-hybridized carbons (Fsp3) is 0.0952. The highest BCUT2D eigenvalue weighted by Crippen LogP contribution is 2.28. The Labute approximate surface area is 166 Å². The molecule has 0 fully saturated rings. The quantitative estimate of drug-likeness (QED) is 0.469. The average Bonchev–Trinajstić information content (AvgIpc) is 3.18. The summed E-state index contributed by atoms with van der Waals surface area (Å²) in [4.78, 5) is 23.6. The molecule has 3 aromatic rings. The standard InChI is InChI=1S/C21H18N2O4S/c1-14-2-6-16(7-3-14)18-10-11-28-20(18)21(26)23-22-12-15-4-8-17(9-5-15)27-13-19(24)25/h2-12H,13H2,1H3,(H,23,26)(H,24,25)/b22-12-. The zero-order valence-electron chi connectivity index (χ0n) is 15.1. The van der Waals surface area contributed by atoms with Gasteiger partial charge in [0.05, 0.1) is 6.21 Å². The minimum Gasteiger partial charge on any atom is -0.482 e. The molecule has 142 valence electrons. The number of hydrazone groups is 1. The number of carboxylic acids is 1. The third kappa shape index (κ3) is 5.05. The molecule has 0 aliphatic rings. The smallest absolute Gasteiger partial charge is 0.341 e. The lowest BCUT2D eigenvalue weighted by Crippen LogP contribution is -2.17. The van der Waals surface area contributed by atoms with Crippen molar-refractivity contribution in [3.8, 4) is 16.9 Å². The van der Waals surface area contributed by atoms with Gasteiger partial charge in [-0.3, -0.25) is 4.79 Å². The number of aryl methyl sites for hydroxylation is 1. The highest BCUT2D eigenvalue weighted by atomic mass is 32.1. The molecule has 3 rings (SSSR count). The van der Waals surface area contributed by atoms with Crippen LogP contribution in [0.15, 0.2) is 65.1 Å². The van der Waals surface area contributed by atoms with Crippen LogP contribution in [-0.4, -0.2) is 29.8 Å². The topological polar surface area (TPSA) is 88.0 Å². The van der Waals surface area contributed by atoms with Crippen LogP contribution in [0.4, 0.5) is 0 Å². The van der Waals surface area contributed by atoms with Crippen LogP contribution in [0.1, 0.15) is 20.8 Å². The van der Waals surface area contributed by atoms with Gasteiger partial charge in [0.15, 0.2) is 6.61 Å². The first-order chi connectivity index (χ1) is 13.5. The molecule has 0 saturated heterocycles. The first-order valence-corrected chi connectivity index (χ1v) is 9.33. The number of carboxylic acid groups (broad SMARTS) is 1. The summed E-state index contributed by atoms with van der Waals surface area (Å²) in [5.41, 5.74) is 6.30. The molecule has 2 N–H and O–H groups in total. The van der Waals surface area contributed by atoms with E-state index in [2.05, 4.69) is 10.5 Å². The molecule has 0 bridgehead atoms. The SMILES string of the molecule is Cc1ccc(-c2ccsc2C(=O)N/N=C\c2ccc(OCC(=O)O)cc2)cc1. The van der Waals surface area contributed by atoms with E-state index in [1.807, 2.05) is 42.6 Å². The number of thiophene rings is 1. The van der Waals surface area contributed by atoms with Gasteiger partial charge in [-0.25, -0.2) is 10.2 Å². The Bertz CT molecular complexity index is 992. The Morgan fingerprint density at radius 3 is 2.50 bits per heavy atom. The molecule has 0 atom stereocenters. The highest BCUT2D eigenvalue weighted by molar-refractivity contribution is 7.12. The van der Waals surface area contributed by atoms with Gasteiger partial charge in [-0.2, -0.15) is 5.10 Å². The van der Waals surface area contributed by atoms with E-state index in [9.17, 15) is 9.59 Å². The zero-order valence-corrected chi connectivity index (χ0v) is 15.9. The van der Waals surface area contributed by atoms with Crippen LogP contribution in [0.25, 0.3) is 11.1 Å². The van der Waals surface area contributed by atoms with E-state index in [4.69, 9.17) is 9.84 Å². The van der Waals surface area contributed by atoms with Gasteiger partial charge in [0.2, 0.25) is 0 Å². The summed E-state index contributed by atoms with van der Waals surface area (Å²) in [6.07, 6.45) is 1.51. The second kappa shape index (κ2) is 8.96. The summed E-state index contributed by atoms with van der Waals surface area (Å²) < 4.78 is 5.06. The molecule has 6 nitrogen and oxygen atoms in total. The van der Waals surface area contributed by atoms with Crippen molar-refractivity contribution in [1.29, 1.82) is 0 Å². The fourth-order valence-electron chi connectivity index (χ4n) is 2.46. The number of ether oxygens (including phenoxy) is 1. The molecule has 28 heavy (non-hydrogen) atoms. The van der Waals surface area contributed by atoms with E-state index < -0.39 is 12.6 Å². The van der Waals surface area contributed by atoms with Gasteiger partial charge in [-0.1, -0.05) is 29.8 Å². The molecule has 0 aliphatic carbocycles. The molecular weight excluding hydrogens is 376 g/mol. The molecular formula is C21H18N2O4S. The third-order valence-corrected chi connectivity index (χ3v) is 4.77. The van der Waals surface area contributed by atoms with E-state index in [1.165, 1.54) is 17.6 Å². The van der Waals surface area contributed by atoms with Crippen molar-refractivity contribution in [3.05, 3.63) is 76.0 Å². The number of hydrogen-bond acceptors (Lipinski definition) is 5. The molecule has 0 spiro atoms. The van der Waals surface area contributed by atoms with Crippen molar-refractivity contribution < 1.29 is 19.4 Å². The largest absolute Gasteiger partial charge is 0.482 e. The summed E-state index contributed by atoms with van der Waals surface area (Å²) in [5.74, 6) is -0.861. The molecule has 1 aromatic heterocycles. The van der Waals surface area contributed by atoms with Crippen LogP contribution in [0.3, 0.4) is 0 Å². The number of hydrogen-bond donors (Lipinski definition) is 2. The maximum absolute atomic E-state index is 12.5.